The summed E-state index contributed by atoms with van der Waals surface area (Å²) in [5.41, 5.74) is 16.5. The number of aliphatic hydroxyl groups excluding tert-OH is 2. The Morgan fingerprint density at radius 2 is 0.737 bits per heavy atom. The number of ether oxygens (including phenoxy) is 13. The zero-order chi connectivity index (χ0) is 65.2. The van der Waals surface area contributed by atoms with Gasteiger partial charge in [-0.05, 0) is 68.6 Å². The summed E-state index contributed by atoms with van der Waals surface area (Å²) in [6.07, 6.45) is -13.4. The number of fused-ring (bicyclic) bond motifs is 4. The monoisotopic (exact) mass is 1290 g/mol. The number of azide groups is 1. The number of aliphatic hydroxyl groups is 2. The maximum Gasteiger partial charge on any atom is 0.187 e. The number of hydrogen-bond acceptors (Lipinski definition) is 16. The highest BCUT2D eigenvalue weighted by molar-refractivity contribution is 5.23. The third-order valence-corrected chi connectivity index (χ3v) is 20.7. The van der Waals surface area contributed by atoms with Crippen LogP contribution < -0.4 is 0 Å². The minimum absolute atomic E-state index is 0.00635. The fourth-order valence-electron chi connectivity index (χ4n) is 15.2. The first-order chi connectivity index (χ1) is 46.5. The van der Waals surface area contributed by atoms with Gasteiger partial charge in [-0.1, -0.05) is 238 Å². The predicted molar refractivity (Wildman–Crippen MR) is 351 cm³/mol. The van der Waals surface area contributed by atoms with Gasteiger partial charge in [0.05, 0.1) is 59.5 Å². The van der Waals surface area contributed by atoms with E-state index in [1.54, 1.807) is 0 Å². The fraction of sp³-hybridized carbons (Fsp3) is 0.455. The Morgan fingerprint density at radius 1 is 0.411 bits per heavy atom. The van der Waals surface area contributed by atoms with Gasteiger partial charge in [-0.3, -0.25) is 0 Å². The van der Waals surface area contributed by atoms with E-state index in [4.69, 9.17) is 61.6 Å². The molecule has 3 heterocycles. The third-order valence-electron chi connectivity index (χ3n) is 20.7. The topological polar surface area (TPSA) is 209 Å². The van der Waals surface area contributed by atoms with Crippen molar-refractivity contribution >= 4 is 0 Å². The van der Waals surface area contributed by atoms with Crippen LogP contribution >= 0.6 is 0 Å². The van der Waals surface area contributed by atoms with Crippen molar-refractivity contribution in [2.45, 2.75) is 190 Å². The van der Waals surface area contributed by atoms with E-state index in [2.05, 4.69) is 30.8 Å². The Kier molecular flexibility index (Phi) is 21.6. The molecule has 1 unspecified atom stereocenters. The lowest BCUT2D eigenvalue weighted by Crippen LogP contribution is -2.68. The van der Waals surface area contributed by atoms with E-state index in [1.165, 1.54) is 0 Å². The molecule has 18 nitrogen and oxygen atoms in total. The van der Waals surface area contributed by atoms with Crippen LogP contribution in [0.25, 0.3) is 10.4 Å². The van der Waals surface area contributed by atoms with Crippen molar-refractivity contribution in [3.8, 4) is 0 Å². The molecule has 0 radical (unpaired) electrons. The van der Waals surface area contributed by atoms with E-state index in [-0.39, 0.29) is 51.7 Å². The van der Waals surface area contributed by atoms with E-state index >= 15 is 0 Å². The van der Waals surface area contributed by atoms with Gasteiger partial charge >= 0.3 is 0 Å². The lowest BCUT2D eigenvalue weighted by molar-refractivity contribution is -0.370. The quantitative estimate of drug-likeness (QED) is 0.0265. The van der Waals surface area contributed by atoms with Crippen molar-refractivity contribution < 1.29 is 71.8 Å². The molecule has 2 N–H and O–H groups in total. The first-order valence-electron chi connectivity index (χ1n) is 33.4. The van der Waals surface area contributed by atoms with Crippen LogP contribution in [0.1, 0.15) is 79.0 Å². The zero-order valence-electron chi connectivity index (χ0n) is 54.1. The molecule has 7 aromatic rings. The molecular formula is C77H87N3O15. The Bertz CT molecular complexity index is 3530. The number of benzene rings is 7. The van der Waals surface area contributed by atoms with Crippen LogP contribution in [0.4, 0.5) is 0 Å². The molecular weight excluding hydrogens is 1210 g/mol. The zero-order valence-corrected chi connectivity index (χ0v) is 54.1. The Hall–Kier alpha value is -6.75. The molecule has 6 aliphatic rings. The summed E-state index contributed by atoms with van der Waals surface area (Å²) in [4.78, 5) is 3.49. The minimum atomic E-state index is -1.47. The molecule has 500 valence electrons. The molecule has 2 bridgehead atoms. The summed E-state index contributed by atoms with van der Waals surface area (Å²) in [6.45, 7) is 6.76. The number of rotatable bonds is 28. The predicted octanol–water partition coefficient (Wildman–Crippen LogP) is 12.3. The minimum Gasteiger partial charge on any atom is -0.394 e. The molecule has 95 heavy (non-hydrogen) atoms. The highest BCUT2D eigenvalue weighted by Crippen LogP contribution is 2.73. The Morgan fingerprint density at radius 3 is 1.12 bits per heavy atom. The van der Waals surface area contributed by atoms with Gasteiger partial charge in [-0.2, -0.15) is 0 Å². The first kappa shape index (κ1) is 66.8. The molecule has 3 saturated heterocycles. The van der Waals surface area contributed by atoms with Crippen LogP contribution in [0.5, 0.6) is 0 Å². The van der Waals surface area contributed by atoms with Crippen LogP contribution in [-0.4, -0.2) is 127 Å². The van der Waals surface area contributed by atoms with Gasteiger partial charge in [0.15, 0.2) is 18.4 Å². The molecule has 6 fully saturated rings. The maximum absolute atomic E-state index is 11.9. The van der Waals surface area contributed by atoms with Crippen LogP contribution in [-0.2, 0) is 108 Å². The average molecular weight is 1290 g/mol. The van der Waals surface area contributed by atoms with Gasteiger partial charge in [0.1, 0.15) is 85.4 Å². The second-order valence-corrected chi connectivity index (χ2v) is 26.6. The number of nitrogens with zero attached hydrogens (tertiary/aromatic N) is 3. The van der Waals surface area contributed by atoms with Gasteiger partial charge in [0.25, 0.3) is 0 Å². The summed E-state index contributed by atoms with van der Waals surface area (Å²) in [7, 11) is 0. The van der Waals surface area contributed by atoms with E-state index in [0.717, 1.165) is 51.8 Å². The summed E-state index contributed by atoms with van der Waals surface area (Å²) >= 11 is 0. The molecule has 3 aliphatic carbocycles. The molecule has 7 aromatic carbocycles. The maximum atomic E-state index is 11.9. The smallest absolute Gasteiger partial charge is 0.187 e. The fourth-order valence-corrected chi connectivity index (χ4v) is 15.2. The van der Waals surface area contributed by atoms with Crippen molar-refractivity contribution in [3.63, 3.8) is 0 Å². The van der Waals surface area contributed by atoms with Crippen molar-refractivity contribution in [1.29, 1.82) is 0 Å². The van der Waals surface area contributed by atoms with E-state index in [9.17, 15) is 15.7 Å². The summed E-state index contributed by atoms with van der Waals surface area (Å²) in [6, 6.07) is 67.3. The highest BCUT2D eigenvalue weighted by Gasteiger charge is 2.76. The van der Waals surface area contributed by atoms with Crippen LogP contribution in [0.15, 0.2) is 217 Å². The van der Waals surface area contributed by atoms with Gasteiger partial charge in [-0.15, -0.1) is 0 Å². The average Bonchev–Trinajstić information content (AvgIpc) is 1.51. The van der Waals surface area contributed by atoms with Gasteiger partial charge in [-0.25, -0.2) is 0 Å². The molecule has 13 rings (SSSR count). The molecule has 0 aromatic heterocycles. The van der Waals surface area contributed by atoms with Crippen molar-refractivity contribution in [2.24, 2.45) is 21.9 Å². The molecule has 3 aliphatic heterocycles. The highest BCUT2D eigenvalue weighted by atomic mass is 16.8. The van der Waals surface area contributed by atoms with Crippen molar-refractivity contribution in [2.75, 3.05) is 13.2 Å². The van der Waals surface area contributed by atoms with Gasteiger partial charge in [0.2, 0.25) is 0 Å². The Balaban J connectivity index is 0.895. The lowest BCUT2D eigenvalue weighted by atomic mass is 9.68. The van der Waals surface area contributed by atoms with Crippen LogP contribution in [0.3, 0.4) is 0 Å². The largest absolute Gasteiger partial charge is 0.394 e. The number of hydrogen-bond donors (Lipinski definition) is 2. The van der Waals surface area contributed by atoms with Crippen LogP contribution in [0.2, 0.25) is 0 Å². The Labute approximate surface area is 556 Å². The summed E-state index contributed by atoms with van der Waals surface area (Å²) in [5, 5.41) is 27.9. The molecule has 18 heteroatoms. The van der Waals surface area contributed by atoms with E-state index in [1.807, 2.05) is 212 Å². The molecule has 19 atom stereocenters. The van der Waals surface area contributed by atoms with Gasteiger partial charge in [0, 0.05) is 16.7 Å². The van der Waals surface area contributed by atoms with Crippen molar-refractivity contribution in [1.82, 2.24) is 0 Å². The first-order valence-corrected chi connectivity index (χ1v) is 33.4. The second kappa shape index (κ2) is 30.8. The molecule has 1 spiro atoms. The van der Waals surface area contributed by atoms with E-state index in [0.29, 0.717) is 12.3 Å². The normalized spacial score (nSPS) is 33.0. The summed E-state index contributed by atoms with van der Waals surface area (Å²) in [5.74, 6) is -0.775. The second-order valence-electron chi connectivity index (χ2n) is 26.6. The third kappa shape index (κ3) is 14.6. The van der Waals surface area contributed by atoms with Crippen LogP contribution in [0, 0.1) is 16.7 Å². The standard InChI is InChI=1S/C77H87N3O15/c1-75(2)58-39-40-76(75,3)77(41-58)94-70-68(88-49-56-35-21-9-22-36-56)66(86-47-54-31-17-7-18-32-54)67(87-48-55-33-19-8-20-34-55)69(71(70)95-77)93-73-61(79-80-78)64(84-45-52-27-13-5-14-28-52)63(60(43-82)90-73)92-74-72(89-50-57-37-23-10-24-38-57)65(85-46-53-29-15-6-16-30-53)62(59(42-81)91-74)83-44-51-25-11-4-12-26-51/h4-38,58-74,81-82H,39-50H2,1-3H3/t58-,59+,60+,61+,62-,63+,64+,65-,66-,67-,68+,69+,70+,71-,72+,73+,74+,76-,77?/m0/s1. The SMILES string of the molecule is CC1(C)[C@H]2CC[C@]1(C)C1(C2)O[C@@H]2[C@H](OCc3ccccc3)[C@@H](OCc3ccccc3)[C@H](OCc3ccccc3)[C@@H](O[C@H]3O[C@H](CO)[C@@H](O[C@H]4O[C@H](CO)[C@H](OCc5ccccc5)[C@H](OCc5ccccc5)[C@H]4OCc4ccccc4)[C@H](OCc4ccccc4)[C@H]3N=[N+]=[N-])[C@@H]2O1. The van der Waals surface area contributed by atoms with Gasteiger partial charge < -0.3 is 71.8 Å². The summed E-state index contributed by atoms with van der Waals surface area (Å²) < 4.78 is 93.8. The lowest BCUT2D eigenvalue weighted by Gasteiger charge is -2.51. The van der Waals surface area contributed by atoms with E-state index < -0.39 is 122 Å². The van der Waals surface area contributed by atoms with Crippen molar-refractivity contribution in [3.05, 3.63) is 262 Å². The molecule has 3 saturated carbocycles. The molecule has 0 amide bonds.